The summed E-state index contributed by atoms with van der Waals surface area (Å²) in [7, 11) is -3.03. The SMILES string of the molecule is Cc1cc2c3c(c1)[P+](C(C)C)(C(C)C)C1N3c3c(cc(C)cc3[P+]1(C(C)C)C(C)C)C2(C)C. The van der Waals surface area contributed by atoms with Gasteiger partial charge in [-0.1, -0.05) is 26.0 Å². The molecular weight excluding hydrogens is 436 g/mol. The van der Waals surface area contributed by atoms with Crippen LogP contribution in [0.4, 0.5) is 11.4 Å². The number of hydrogen-bond acceptors (Lipinski definition) is 1. The average Bonchev–Trinajstić information content (AvgIpc) is 3.14. The van der Waals surface area contributed by atoms with E-state index in [1.165, 1.54) is 11.1 Å². The minimum Gasteiger partial charge on any atom is -0.266 e. The normalized spacial score (nSPS) is 21.2. The van der Waals surface area contributed by atoms with Crippen LogP contribution in [0.25, 0.3) is 0 Å². The molecule has 33 heavy (non-hydrogen) atoms. The van der Waals surface area contributed by atoms with Crippen molar-refractivity contribution in [1.82, 2.24) is 0 Å². The summed E-state index contributed by atoms with van der Waals surface area (Å²) >= 11 is 0. The Labute approximate surface area is 204 Å². The third-order valence-electron chi connectivity index (χ3n) is 9.54. The number of nitrogens with zero attached hydrogens (tertiary/aromatic N) is 1. The van der Waals surface area contributed by atoms with Crippen LogP contribution in [0, 0.1) is 13.8 Å². The summed E-state index contributed by atoms with van der Waals surface area (Å²) in [4.78, 5) is 2.99. The van der Waals surface area contributed by atoms with E-state index in [0.717, 1.165) is 0 Å². The maximum absolute atomic E-state index is 2.99. The number of benzene rings is 2. The third-order valence-corrected chi connectivity index (χ3v) is 23.0. The summed E-state index contributed by atoms with van der Waals surface area (Å²) in [5, 5.41) is 3.53. The molecule has 0 aliphatic carbocycles. The van der Waals surface area contributed by atoms with Crippen molar-refractivity contribution < 1.29 is 0 Å². The van der Waals surface area contributed by atoms with Gasteiger partial charge in [0, 0.05) is 5.41 Å². The van der Waals surface area contributed by atoms with Gasteiger partial charge in [-0.25, -0.2) is 0 Å². The third kappa shape index (κ3) is 2.48. The molecule has 2 aromatic carbocycles. The molecule has 0 unspecified atom stereocenters. The molecule has 3 aliphatic heterocycles. The van der Waals surface area contributed by atoms with Crippen LogP contribution in [-0.2, 0) is 5.41 Å². The van der Waals surface area contributed by atoms with Gasteiger partial charge < -0.3 is 0 Å². The van der Waals surface area contributed by atoms with Gasteiger partial charge >= 0.3 is 0 Å². The summed E-state index contributed by atoms with van der Waals surface area (Å²) in [5.74, 6) is 0. The van der Waals surface area contributed by atoms with Crippen molar-refractivity contribution in [2.45, 2.75) is 117 Å². The summed E-state index contributed by atoms with van der Waals surface area (Å²) in [6, 6.07) is 10.3. The van der Waals surface area contributed by atoms with E-state index >= 15 is 0 Å². The Hall–Kier alpha value is -0.900. The highest BCUT2D eigenvalue weighted by molar-refractivity contribution is 8.01. The Morgan fingerprint density at radius 2 is 0.970 bits per heavy atom. The predicted molar refractivity (Wildman–Crippen MR) is 154 cm³/mol. The minimum absolute atomic E-state index is 0.0369. The highest BCUT2D eigenvalue weighted by atomic mass is 31.2. The van der Waals surface area contributed by atoms with E-state index in [4.69, 9.17) is 0 Å². The van der Waals surface area contributed by atoms with Crippen LogP contribution in [0.3, 0.4) is 0 Å². The Morgan fingerprint density at radius 1 is 0.636 bits per heavy atom. The lowest BCUT2D eigenvalue weighted by atomic mass is 9.73. The molecule has 0 atom stereocenters. The molecule has 5 rings (SSSR count). The van der Waals surface area contributed by atoms with Gasteiger partial charge in [0.05, 0.1) is 34.0 Å². The highest BCUT2D eigenvalue weighted by Crippen LogP contribution is 2.93. The standard InChI is InChI=1S/C30H45NP2/c1-17(2)32(18(3)4)25-15-21(9)13-23-27(25)31-28-24(30(23,11)12)14-22(10)16-26(28)33(19(5)6,20(7)8)29(31)32/h13-20,29H,1-12H3/q+2. The summed E-state index contributed by atoms with van der Waals surface area (Å²) in [6.07, 6.45) is 0. The van der Waals surface area contributed by atoms with Crippen molar-refractivity contribution in [1.29, 1.82) is 0 Å². The van der Waals surface area contributed by atoms with Crippen LogP contribution in [0.15, 0.2) is 24.3 Å². The fourth-order valence-electron chi connectivity index (χ4n) is 8.38. The molecule has 0 spiro atoms. The fraction of sp³-hybridized carbons (Fsp3) is 0.600. The first-order chi connectivity index (χ1) is 15.3. The molecule has 0 bridgehead atoms. The van der Waals surface area contributed by atoms with Crippen molar-refractivity contribution in [2.24, 2.45) is 0 Å². The van der Waals surface area contributed by atoms with Crippen LogP contribution < -0.4 is 15.5 Å². The second-order valence-corrected chi connectivity index (χ2v) is 22.6. The van der Waals surface area contributed by atoms with Gasteiger partial charge in [0.2, 0.25) is 0 Å². The van der Waals surface area contributed by atoms with Crippen molar-refractivity contribution in [3.8, 4) is 0 Å². The lowest BCUT2D eigenvalue weighted by Crippen LogP contribution is -2.40. The van der Waals surface area contributed by atoms with E-state index in [-0.39, 0.29) is 5.41 Å². The first-order valence-electron chi connectivity index (χ1n) is 13.1. The quantitative estimate of drug-likeness (QED) is 0.397. The number of anilines is 2. The van der Waals surface area contributed by atoms with Gasteiger partial charge in [0.25, 0.3) is 5.52 Å². The first kappa shape index (κ1) is 23.8. The smallest absolute Gasteiger partial charge is 0.255 e. The molecule has 3 aliphatic rings. The molecule has 0 saturated carbocycles. The number of aryl methyl sites for hydroxylation is 2. The summed E-state index contributed by atoms with van der Waals surface area (Å²) in [6.45, 7) is 30.2. The molecule has 3 heterocycles. The van der Waals surface area contributed by atoms with Gasteiger partial charge in [-0.15, -0.1) is 0 Å². The van der Waals surface area contributed by atoms with E-state index in [1.807, 2.05) is 0 Å². The molecule has 178 valence electrons. The van der Waals surface area contributed by atoms with Gasteiger partial charge in [0.15, 0.2) is 0 Å². The van der Waals surface area contributed by atoms with E-state index in [1.54, 1.807) is 33.1 Å². The zero-order valence-electron chi connectivity index (χ0n) is 23.0. The Balaban J connectivity index is 2.08. The maximum atomic E-state index is 2.99. The zero-order valence-corrected chi connectivity index (χ0v) is 24.8. The average molecular weight is 482 g/mol. The van der Waals surface area contributed by atoms with Gasteiger partial charge in [-0.2, -0.15) is 0 Å². The van der Waals surface area contributed by atoms with E-state index in [0.29, 0.717) is 28.2 Å². The fourth-order valence-corrected chi connectivity index (χ4v) is 25.4. The molecule has 0 saturated heterocycles. The predicted octanol–water partition coefficient (Wildman–Crippen LogP) is 8.31. The second kappa shape index (κ2) is 7.08. The van der Waals surface area contributed by atoms with E-state index in [2.05, 4.69) is 112 Å². The molecule has 2 aromatic rings. The van der Waals surface area contributed by atoms with E-state index in [9.17, 15) is 0 Å². The van der Waals surface area contributed by atoms with Crippen molar-refractivity contribution in [3.05, 3.63) is 46.5 Å². The molecule has 0 fully saturated rings. The van der Waals surface area contributed by atoms with Crippen LogP contribution >= 0.6 is 14.5 Å². The van der Waals surface area contributed by atoms with Gasteiger partial charge in [0.1, 0.15) is 25.1 Å². The Bertz CT molecular complexity index is 1050. The number of hydrogen-bond donors (Lipinski definition) is 0. The molecule has 1 nitrogen and oxygen atoms in total. The second-order valence-electron chi connectivity index (χ2n) is 12.7. The topological polar surface area (TPSA) is 3.24 Å². The zero-order chi connectivity index (χ0) is 24.4. The Kier molecular flexibility index (Phi) is 5.11. The van der Waals surface area contributed by atoms with Crippen molar-refractivity contribution in [2.75, 3.05) is 4.90 Å². The van der Waals surface area contributed by atoms with E-state index < -0.39 is 14.5 Å². The van der Waals surface area contributed by atoms with Crippen LogP contribution in [0.1, 0.15) is 91.5 Å². The van der Waals surface area contributed by atoms with Crippen molar-refractivity contribution >= 4 is 36.5 Å². The molecule has 0 radical (unpaired) electrons. The maximum Gasteiger partial charge on any atom is 0.255 e. The lowest BCUT2D eigenvalue weighted by Gasteiger charge is -2.43. The monoisotopic (exact) mass is 481 g/mol. The molecular formula is C30H45NP2+2. The summed E-state index contributed by atoms with van der Waals surface area (Å²) in [5.41, 5.74) is 12.8. The lowest BCUT2D eigenvalue weighted by molar-refractivity contribution is 0.629. The van der Waals surface area contributed by atoms with Crippen LogP contribution in [0.2, 0.25) is 0 Å². The van der Waals surface area contributed by atoms with Crippen LogP contribution in [-0.4, -0.2) is 28.2 Å². The van der Waals surface area contributed by atoms with Gasteiger partial charge in [-0.05, 0) is 104 Å². The molecule has 0 amide bonds. The summed E-state index contributed by atoms with van der Waals surface area (Å²) < 4.78 is 0. The van der Waals surface area contributed by atoms with Crippen LogP contribution in [0.5, 0.6) is 0 Å². The Morgan fingerprint density at radius 3 is 1.27 bits per heavy atom. The minimum atomic E-state index is -1.51. The first-order valence-corrected chi connectivity index (χ1v) is 17.1. The number of rotatable bonds is 4. The molecule has 0 aromatic heterocycles. The highest BCUT2D eigenvalue weighted by Gasteiger charge is 2.80. The molecule has 0 N–H and O–H groups in total. The van der Waals surface area contributed by atoms with Gasteiger partial charge in [-0.3, -0.25) is 4.90 Å². The molecule has 3 heteroatoms. The largest absolute Gasteiger partial charge is 0.266 e. The van der Waals surface area contributed by atoms with Crippen molar-refractivity contribution in [3.63, 3.8) is 0 Å².